The number of anilines is 2. The zero-order valence-electron chi connectivity index (χ0n) is 9.77. The minimum atomic E-state index is -4.55. The predicted molar refractivity (Wildman–Crippen MR) is 65.3 cm³/mol. The Labute approximate surface area is 111 Å². The largest absolute Gasteiger partial charge is 0.416 e. The number of hydrogen-bond donors (Lipinski definition) is 3. The first-order valence-corrected chi connectivity index (χ1v) is 6.67. The number of H-pyrrole nitrogens is 1. The quantitative estimate of drug-likeness (QED) is 0.753. The fraction of sp³-hybridized carbons (Fsp3) is 0.100. The molecule has 1 aromatic heterocycles. The summed E-state index contributed by atoms with van der Waals surface area (Å²) in [5.41, 5.74) is 4.00. The van der Waals surface area contributed by atoms with Crippen molar-refractivity contribution >= 4 is 21.4 Å². The molecule has 0 fully saturated rings. The van der Waals surface area contributed by atoms with E-state index in [4.69, 9.17) is 5.73 Å². The van der Waals surface area contributed by atoms with Crippen LogP contribution in [0.15, 0.2) is 35.5 Å². The molecule has 0 unspecified atom stereocenters. The maximum atomic E-state index is 12.5. The summed E-state index contributed by atoms with van der Waals surface area (Å²) in [4.78, 5) is -0.156. The van der Waals surface area contributed by atoms with Crippen LogP contribution in [-0.2, 0) is 16.2 Å². The molecule has 20 heavy (non-hydrogen) atoms. The molecule has 0 aliphatic carbocycles. The molecule has 6 nitrogen and oxygen atoms in total. The average molecular weight is 306 g/mol. The van der Waals surface area contributed by atoms with E-state index in [2.05, 4.69) is 14.9 Å². The van der Waals surface area contributed by atoms with E-state index in [9.17, 15) is 21.6 Å². The van der Waals surface area contributed by atoms with Gasteiger partial charge in [0.2, 0.25) is 0 Å². The highest BCUT2D eigenvalue weighted by molar-refractivity contribution is 7.92. The number of nitrogens with zero attached hydrogens (tertiary/aromatic N) is 1. The molecular formula is C10H9F3N4O2S. The molecule has 0 spiro atoms. The van der Waals surface area contributed by atoms with Gasteiger partial charge in [-0.3, -0.25) is 9.82 Å². The molecule has 0 saturated carbocycles. The summed E-state index contributed by atoms with van der Waals surface area (Å²) >= 11 is 0. The summed E-state index contributed by atoms with van der Waals surface area (Å²) in [6.45, 7) is 0. The fourth-order valence-electron chi connectivity index (χ4n) is 1.42. The average Bonchev–Trinajstić information content (AvgIpc) is 2.84. The number of hydrogen-bond acceptors (Lipinski definition) is 4. The Morgan fingerprint density at radius 2 is 2.00 bits per heavy atom. The SMILES string of the molecule is Nc1cc(C(F)(F)F)ccc1NS(=O)(=O)c1cn[nH]c1. The molecule has 0 saturated heterocycles. The van der Waals surface area contributed by atoms with Crippen LogP contribution in [0, 0.1) is 0 Å². The molecule has 108 valence electrons. The second-order valence-corrected chi connectivity index (χ2v) is 5.52. The van der Waals surface area contributed by atoms with E-state index < -0.39 is 21.8 Å². The van der Waals surface area contributed by atoms with E-state index in [1.165, 1.54) is 0 Å². The number of benzene rings is 1. The van der Waals surface area contributed by atoms with E-state index >= 15 is 0 Å². The van der Waals surface area contributed by atoms with Crippen molar-refractivity contribution < 1.29 is 21.6 Å². The molecule has 1 aromatic carbocycles. The summed E-state index contributed by atoms with van der Waals surface area (Å²) in [5.74, 6) is 0. The van der Waals surface area contributed by atoms with Crippen LogP contribution in [-0.4, -0.2) is 18.6 Å². The van der Waals surface area contributed by atoms with E-state index in [0.717, 1.165) is 24.5 Å². The van der Waals surface area contributed by atoms with Gasteiger partial charge >= 0.3 is 6.18 Å². The van der Waals surface area contributed by atoms with Crippen molar-refractivity contribution in [2.75, 3.05) is 10.5 Å². The smallest absolute Gasteiger partial charge is 0.397 e. The summed E-state index contributed by atoms with van der Waals surface area (Å²) in [6, 6.07) is 2.35. The Morgan fingerprint density at radius 1 is 1.30 bits per heavy atom. The molecule has 0 bridgehead atoms. The van der Waals surface area contributed by atoms with Gasteiger partial charge in [0.15, 0.2) is 0 Å². The molecule has 0 amide bonds. The maximum Gasteiger partial charge on any atom is 0.416 e. The van der Waals surface area contributed by atoms with Gasteiger partial charge < -0.3 is 5.73 Å². The lowest BCUT2D eigenvalue weighted by Gasteiger charge is -2.12. The highest BCUT2D eigenvalue weighted by Gasteiger charge is 2.31. The third kappa shape index (κ3) is 2.85. The lowest BCUT2D eigenvalue weighted by atomic mass is 10.2. The van der Waals surface area contributed by atoms with Crippen molar-refractivity contribution in [1.29, 1.82) is 0 Å². The first kappa shape index (κ1) is 14.2. The van der Waals surface area contributed by atoms with Crippen molar-refractivity contribution in [3.05, 3.63) is 36.2 Å². The van der Waals surface area contributed by atoms with Gasteiger partial charge in [0.05, 0.1) is 23.1 Å². The molecular weight excluding hydrogens is 297 g/mol. The predicted octanol–water partition coefficient (Wildman–Crippen LogP) is 1.81. The monoisotopic (exact) mass is 306 g/mol. The van der Waals surface area contributed by atoms with Crippen LogP contribution in [0.3, 0.4) is 0 Å². The van der Waals surface area contributed by atoms with Crippen molar-refractivity contribution in [3.8, 4) is 0 Å². The Morgan fingerprint density at radius 3 is 2.50 bits per heavy atom. The van der Waals surface area contributed by atoms with Gasteiger partial charge in [0.25, 0.3) is 10.0 Å². The van der Waals surface area contributed by atoms with Crippen LogP contribution in [0.2, 0.25) is 0 Å². The van der Waals surface area contributed by atoms with E-state index in [1.54, 1.807) is 0 Å². The van der Waals surface area contributed by atoms with Gasteiger partial charge in [-0.2, -0.15) is 18.3 Å². The van der Waals surface area contributed by atoms with Crippen LogP contribution in [0.1, 0.15) is 5.56 Å². The zero-order chi connectivity index (χ0) is 15.0. The molecule has 1 heterocycles. The van der Waals surface area contributed by atoms with Crippen molar-refractivity contribution in [2.45, 2.75) is 11.1 Å². The zero-order valence-corrected chi connectivity index (χ0v) is 10.6. The minimum Gasteiger partial charge on any atom is -0.397 e. The second kappa shape index (κ2) is 4.71. The number of halogens is 3. The summed E-state index contributed by atoms with van der Waals surface area (Å²) in [6.07, 6.45) is -2.36. The number of nitrogens with one attached hydrogen (secondary N) is 2. The molecule has 0 radical (unpaired) electrons. The van der Waals surface area contributed by atoms with Gasteiger partial charge in [-0.1, -0.05) is 0 Å². The lowest BCUT2D eigenvalue weighted by Crippen LogP contribution is -2.14. The van der Waals surface area contributed by atoms with E-state index in [1.807, 2.05) is 0 Å². The third-order valence-electron chi connectivity index (χ3n) is 2.41. The van der Waals surface area contributed by atoms with Crippen molar-refractivity contribution in [2.24, 2.45) is 0 Å². The molecule has 0 aliphatic heterocycles. The number of aromatic nitrogens is 2. The molecule has 4 N–H and O–H groups in total. The van der Waals surface area contributed by atoms with Crippen LogP contribution >= 0.6 is 0 Å². The Kier molecular flexibility index (Phi) is 3.34. The fourth-order valence-corrected chi connectivity index (χ4v) is 2.41. The van der Waals surface area contributed by atoms with Crippen LogP contribution in [0.4, 0.5) is 24.5 Å². The van der Waals surface area contributed by atoms with Gasteiger partial charge in [0, 0.05) is 6.20 Å². The molecule has 0 aliphatic rings. The van der Waals surface area contributed by atoms with Gasteiger partial charge in [-0.15, -0.1) is 0 Å². The van der Waals surface area contributed by atoms with Gasteiger partial charge in [-0.05, 0) is 18.2 Å². The number of nitrogen functional groups attached to an aromatic ring is 1. The maximum absolute atomic E-state index is 12.5. The minimum absolute atomic E-state index is 0.140. The summed E-state index contributed by atoms with van der Waals surface area (Å²) in [5, 5.41) is 5.79. The van der Waals surface area contributed by atoms with E-state index in [0.29, 0.717) is 6.07 Å². The highest BCUT2D eigenvalue weighted by Crippen LogP contribution is 2.33. The Balaban J connectivity index is 2.32. The first-order chi connectivity index (χ1) is 9.20. The summed E-state index contributed by atoms with van der Waals surface area (Å²) in [7, 11) is -3.95. The summed E-state index contributed by atoms with van der Waals surface area (Å²) < 4.78 is 63.1. The van der Waals surface area contributed by atoms with Crippen LogP contribution < -0.4 is 10.5 Å². The number of sulfonamides is 1. The topological polar surface area (TPSA) is 101 Å². The third-order valence-corrected chi connectivity index (χ3v) is 3.74. The first-order valence-electron chi connectivity index (χ1n) is 5.18. The number of nitrogens with two attached hydrogens (primary N) is 1. The Bertz CT molecular complexity index is 711. The normalized spacial score (nSPS) is 12.3. The van der Waals surface area contributed by atoms with Crippen molar-refractivity contribution in [3.63, 3.8) is 0 Å². The molecule has 2 rings (SSSR count). The Hall–Kier alpha value is -2.23. The standard InChI is InChI=1S/C10H9F3N4O2S/c11-10(12,13)6-1-2-9(8(14)3-6)17-20(18,19)7-4-15-16-5-7/h1-5,17H,14H2,(H,15,16). The number of alkyl halides is 3. The second-order valence-electron chi connectivity index (χ2n) is 3.84. The number of aromatic amines is 1. The van der Waals surface area contributed by atoms with Crippen molar-refractivity contribution in [1.82, 2.24) is 10.2 Å². The lowest BCUT2D eigenvalue weighted by molar-refractivity contribution is -0.137. The van der Waals surface area contributed by atoms with E-state index in [-0.39, 0.29) is 16.3 Å². The molecule has 0 atom stereocenters. The van der Waals surface area contributed by atoms with Gasteiger partial charge in [-0.25, -0.2) is 8.42 Å². The van der Waals surface area contributed by atoms with Crippen LogP contribution in [0.5, 0.6) is 0 Å². The highest BCUT2D eigenvalue weighted by atomic mass is 32.2. The molecule has 10 heteroatoms. The number of rotatable bonds is 3. The van der Waals surface area contributed by atoms with Gasteiger partial charge in [0.1, 0.15) is 4.90 Å². The van der Waals surface area contributed by atoms with Crippen LogP contribution in [0.25, 0.3) is 0 Å². The molecule has 2 aromatic rings.